The number of hydrogen-bond acceptors (Lipinski definition) is 19. The maximum absolute atomic E-state index is 13.7. The predicted molar refractivity (Wildman–Crippen MR) is 238 cm³/mol. The van der Waals surface area contributed by atoms with Gasteiger partial charge in [0.05, 0.1) is 60.5 Å². The Hall–Kier alpha value is -5.39. The van der Waals surface area contributed by atoms with Gasteiger partial charge < -0.3 is 41.6 Å². The Morgan fingerprint density at radius 2 is 0.930 bits per heavy atom. The zero-order valence-corrected chi connectivity index (χ0v) is 45.4. The van der Waals surface area contributed by atoms with Crippen LogP contribution in [-0.2, 0) is 35.1 Å². The van der Waals surface area contributed by atoms with Crippen LogP contribution in [0.15, 0.2) is 135 Å². The molecule has 1 amide bonds. The minimum absolute atomic E-state index is 0. The zero-order chi connectivity index (χ0) is 49.2. The van der Waals surface area contributed by atoms with Gasteiger partial charge in [0.15, 0.2) is 23.1 Å². The van der Waals surface area contributed by atoms with E-state index in [0.29, 0.717) is 12.1 Å². The van der Waals surface area contributed by atoms with Crippen molar-refractivity contribution in [1.82, 2.24) is 0 Å². The van der Waals surface area contributed by atoms with Gasteiger partial charge in [-0.05, 0) is 66.6 Å². The monoisotopic (exact) mass is 1040 g/mol. The quantitative estimate of drug-likeness (QED) is 0.0176. The van der Waals surface area contributed by atoms with Crippen LogP contribution in [0.3, 0.4) is 0 Å². The van der Waals surface area contributed by atoms with Crippen molar-refractivity contribution >= 4 is 111 Å². The number of ketones is 4. The van der Waals surface area contributed by atoms with Gasteiger partial charge in [0, 0.05) is 45.4 Å². The van der Waals surface area contributed by atoms with Crippen molar-refractivity contribution in [2.75, 3.05) is 27.4 Å². The average molecular weight is 1040 g/mol. The van der Waals surface area contributed by atoms with Crippen LogP contribution in [0, 0.1) is 0 Å². The van der Waals surface area contributed by atoms with Crippen LogP contribution >= 0.6 is 0 Å². The number of benzene rings is 6. The number of nitrogens with zero attached hydrogens (tertiary/aromatic N) is 1. The topological polar surface area (TPSA) is 378 Å². The largest absolute Gasteiger partial charge is 1.00 e. The average Bonchev–Trinajstić information content (AvgIpc) is 3.27. The van der Waals surface area contributed by atoms with Crippen LogP contribution in [0.2, 0.25) is 0 Å². The van der Waals surface area contributed by atoms with Crippen molar-refractivity contribution in [2.24, 2.45) is 4.99 Å². The maximum atomic E-state index is 13.7. The van der Waals surface area contributed by atoms with Gasteiger partial charge in [0.1, 0.15) is 25.1 Å². The Morgan fingerprint density at radius 3 is 1.38 bits per heavy atom. The fourth-order valence-electron chi connectivity index (χ4n) is 7.52. The molecule has 344 valence electrons. The molecule has 2 aliphatic carbocycles. The van der Waals surface area contributed by atoms with Crippen molar-refractivity contribution in [2.45, 2.75) is 14.7 Å². The molecule has 0 aliphatic heterocycles. The number of carbonyl (C=O) groups excluding carboxylic acids is 5. The second-order valence-corrected chi connectivity index (χ2v) is 18.8. The molecule has 2 aliphatic rings. The van der Waals surface area contributed by atoms with Crippen molar-refractivity contribution in [1.29, 1.82) is 0 Å². The summed E-state index contributed by atoms with van der Waals surface area (Å²) in [6.45, 7) is 0. The van der Waals surface area contributed by atoms with Crippen molar-refractivity contribution in [3.05, 3.63) is 160 Å². The third-order valence-electron chi connectivity index (χ3n) is 10.5. The molecule has 0 spiro atoms. The number of aliphatic imine (C=N–C) groups is 1. The number of hydrogen-bond donors (Lipinski definition) is 6. The fraction of sp³-hybridized carbons (Fsp3) is 0. The van der Waals surface area contributed by atoms with E-state index in [2.05, 4.69) is 20.9 Å². The first-order chi connectivity index (χ1) is 31.9. The van der Waals surface area contributed by atoms with E-state index in [-0.39, 0.29) is 139 Å². The van der Waals surface area contributed by atoms with Gasteiger partial charge in [-0.2, -0.15) is 8.42 Å². The molecule has 0 fully saturated rings. The number of nitrogens with two attached hydrogens (primary N) is 2. The summed E-state index contributed by atoms with van der Waals surface area (Å²) in [6.07, 6.45) is 1.36. The fourth-order valence-corrected chi connectivity index (χ4v) is 9.45. The van der Waals surface area contributed by atoms with E-state index in [1.807, 2.05) is 0 Å². The molecule has 0 saturated heterocycles. The molecular weight excluding hydrogens is 1020 g/mol. The van der Waals surface area contributed by atoms with E-state index in [0.717, 1.165) is 30.3 Å². The standard InChI is InChI=1S/C44H30N6O15S3.3Na/c45-39-31(67(60,61)62)18-28(35-37(39)43(55)25-7-3-1-5-23(25)41(35)53)47-20-9-11-21(12-10-20)49-33(51)15-16-34(52)50-27-14-13-22(17-30(27)66(57,58)59)48-29-19-32(68(63,64)65)40(46)38-36(29)42(54)24-6-2-4-8-26(24)44(38)56;;;/h1-19,47-48H,45-46H2,(H,49,51)(H,50,52)(H,57,58,59)(H,60,61,62)(H,63,64,65);;;/q;3*+1/p-3/b16-15+;;;. The van der Waals surface area contributed by atoms with E-state index in [1.165, 1.54) is 72.8 Å². The minimum Gasteiger partial charge on any atom is -0.859 e. The molecule has 71 heavy (non-hydrogen) atoms. The summed E-state index contributed by atoms with van der Waals surface area (Å²) in [4.78, 5) is 67.5. The number of carbonyl (C=O) groups is 5. The molecule has 21 nitrogen and oxygen atoms in total. The van der Waals surface area contributed by atoms with Gasteiger partial charge in [-0.15, -0.1) is 0 Å². The Labute approximate surface area is 469 Å². The summed E-state index contributed by atoms with van der Waals surface area (Å²) < 4.78 is 108. The Bertz CT molecular complexity index is 3720. The molecule has 0 unspecified atom stereocenters. The summed E-state index contributed by atoms with van der Waals surface area (Å²) in [7, 11) is -15.8. The smallest absolute Gasteiger partial charge is 0.859 e. The van der Waals surface area contributed by atoms with E-state index in [4.69, 9.17) is 11.5 Å². The maximum Gasteiger partial charge on any atom is 1.00 e. The van der Waals surface area contributed by atoms with Crippen LogP contribution in [0.5, 0.6) is 0 Å². The van der Waals surface area contributed by atoms with Crippen LogP contribution < -0.4 is 121 Å². The number of amides is 1. The SMILES string of the molecule is Nc1c(S(=O)(=O)[O-])cc(Nc2ccc(NC(=O)/C=C/C([O-])=Nc3ccc(Nc4cc(S(=O)(=O)O)c(N)c5c4C(=O)c4ccccc4C5=O)cc3S(=O)(=O)[O-])cc2)c2c1C(=O)c1ccccc1C2=O.[Na+].[Na+].[Na+]. The van der Waals surface area contributed by atoms with E-state index >= 15 is 0 Å². The number of anilines is 7. The Kier molecular flexibility index (Phi) is 17.0. The Balaban J connectivity index is 0.00000312. The van der Waals surface area contributed by atoms with Gasteiger partial charge in [-0.3, -0.25) is 33.5 Å². The zero-order valence-electron chi connectivity index (χ0n) is 37.0. The van der Waals surface area contributed by atoms with E-state index in [1.54, 1.807) is 0 Å². The third-order valence-corrected chi connectivity index (χ3v) is 13.1. The normalized spacial score (nSPS) is 13.1. The minimum atomic E-state index is -5.44. The predicted octanol–water partition coefficient (Wildman–Crippen LogP) is -5.46. The van der Waals surface area contributed by atoms with Gasteiger partial charge in [0.25, 0.3) is 10.1 Å². The Morgan fingerprint density at radius 1 is 0.535 bits per heavy atom. The van der Waals surface area contributed by atoms with Crippen molar-refractivity contribution < 1.29 is 157 Å². The van der Waals surface area contributed by atoms with Crippen LogP contribution in [-0.4, -0.2) is 73.8 Å². The summed E-state index contributed by atoms with van der Waals surface area (Å²) >= 11 is 0. The van der Waals surface area contributed by atoms with Gasteiger partial charge >= 0.3 is 88.7 Å². The molecule has 0 heterocycles. The molecule has 0 saturated carbocycles. The number of fused-ring (bicyclic) bond motifs is 4. The molecule has 8 N–H and O–H groups in total. The number of nitrogen functional groups attached to an aromatic ring is 2. The van der Waals surface area contributed by atoms with E-state index in [9.17, 15) is 68.0 Å². The van der Waals surface area contributed by atoms with Crippen molar-refractivity contribution in [3.63, 3.8) is 0 Å². The van der Waals surface area contributed by atoms with Crippen molar-refractivity contribution in [3.8, 4) is 0 Å². The second kappa shape index (κ2) is 21.4. The number of rotatable bonds is 11. The molecule has 27 heteroatoms. The molecule has 0 aromatic heterocycles. The molecule has 6 aromatic carbocycles. The third kappa shape index (κ3) is 11.2. The molecule has 0 bridgehead atoms. The van der Waals surface area contributed by atoms with Gasteiger partial charge in [-0.1, -0.05) is 48.5 Å². The van der Waals surface area contributed by atoms with Gasteiger partial charge in [0.2, 0.25) is 5.91 Å². The summed E-state index contributed by atoms with van der Waals surface area (Å²) in [5.41, 5.74) is 7.26. The second-order valence-electron chi connectivity index (χ2n) is 14.7. The molecule has 0 radical (unpaired) electrons. The number of nitrogens with one attached hydrogen (secondary N) is 3. The van der Waals surface area contributed by atoms with Gasteiger partial charge in [-0.25, -0.2) is 16.8 Å². The molecule has 8 rings (SSSR count). The first-order valence-electron chi connectivity index (χ1n) is 19.2. The summed E-state index contributed by atoms with van der Waals surface area (Å²) in [6, 6.07) is 21.0. The molecular formula is C44H27N6Na3O15S3. The summed E-state index contributed by atoms with van der Waals surface area (Å²) in [5.74, 6) is -5.23. The first kappa shape index (κ1) is 56.5. The van der Waals surface area contributed by atoms with E-state index < -0.39 is 119 Å². The van der Waals surface area contributed by atoms with Crippen LogP contribution in [0.4, 0.5) is 45.5 Å². The van der Waals surface area contributed by atoms with Crippen LogP contribution in [0.25, 0.3) is 0 Å². The first-order valence-corrected chi connectivity index (χ1v) is 23.4. The molecule has 0 atom stereocenters. The van der Waals surface area contributed by atoms with Crippen LogP contribution in [0.1, 0.15) is 63.7 Å². The summed E-state index contributed by atoms with van der Waals surface area (Å²) in [5, 5.41) is 20.7. The molecule has 6 aromatic rings.